The summed E-state index contributed by atoms with van der Waals surface area (Å²) in [6, 6.07) is 14.0. The maximum absolute atomic E-state index is 5.72. The van der Waals surface area contributed by atoms with E-state index in [1.165, 1.54) is 0 Å². The minimum Gasteiger partial charge on any atom is -0.473 e. The minimum absolute atomic E-state index is 0.526. The third kappa shape index (κ3) is 2.55. The average molecular weight is 250 g/mol. The lowest BCUT2D eigenvalue weighted by molar-refractivity contribution is 0.294. The molecule has 94 valence electrons. The van der Waals surface area contributed by atoms with Gasteiger partial charge < -0.3 is 4.74 Å². The maximum atomic E-state index is 5.72. The summed E-state index contributed by atoms with van der Waals surface area (Å²) in [4.78, 5) is 8.60. The van der Waals surface area contributed by atoms with E-state index >= 15 is 0 Å². The molecule has 0 N–H and O–H groups in total. The van der Waals surface area contributed by atoms with Gasteiger partial charge in [-0.1, -0.05) is 30.3 Å². The maximum Gasteiger partial charge on any atom is 0.214 e. The summed E-state index contributed by atoms with van der Waals surface area (Å²) >= 11 is 0. The molecule has 0 atom stereocenters. The molecular formula is C16H14N2O. The van der Waals surface area contributed by atoms with Crippen LogP contribution in [0.1, 0.15) is 11.3 Å². The van der Waals surface area contributed by atoms with E-state index < -0.39 is 0 Å². The molecule has 0 radical (unpaired) electrons. The predicted molar refractivity (Wildman–Crippen MR) is 75.0 cm³/mol. The molecule has 0 saturated heterocycles. The second kappa shape index (κ2) is 5.06. The van der Waals surface area contributed by atoms with E-state index in [4.69, 9.17) is 4.74 Å². The highest BCUT2D eigenvalue weighted by Crippen LogP contribution is 2.20. The van der Waals surface area contributed by atoms with Crippen LogP contribution in [0, 0.1) is 6.92 Å². The fourth-order valence-electron chi connectivity index (χ4n) is 2.00. The highest BCUT2D eigenvalue weighted by atomic mass is 16.5. The van der Waals surface area contributed by atoms with Crippen LogP contribution in [0.3, 0.4) is 0 Å². The summed E-state index contributed by atoms with van der Waals surface area (Å²) in [7, 11) is 0. The third-order valence-electron chi connectivity index (χ3n) is 3.05. The molecule has 0 bridgehead atoms. The zero-order valence-corrected chi connectivity index (χ0v) is 10.7. The number of benzene rings is 1. The van der Waals surface area contributed by atoms with Crippen LogP contribution in [0.4, 0.5) is 0 Å². The van der Waals surface area contributed by atoms with Crippen molar-refractivity contribution in [2.24, 2.45) is 0 Å². The van der Waals surface area contributed by atoms with Crippen molar-refractivity contribution < 1.29 is 4.74 Å². The van der Waals surface area contributed by atoms with Crippen LogP contribution in [0.2, 0.25) is 0 Å². The van der Waals surface area contributed by atoms with Gasteiger partial charge in [0.1, 0.15) is 6.61 Å². The minimum atomic E-state index is 0.526. The molecule has 2 aromatic heterocycles. The van der Waals surface area contributed by atoms with Crippen LogP contribution in [-0.2, 0) is 6.61 Å². The van der Waals surface area contributed by atoms with Crippen molar-refractivity contribution in [2.75, 3.05) is 0 Å². The van der Waals surface area contributed by atoms with Gasteiger partial charge in [-0.05, 0) is 18.6 Å². The molecule has 0 spiro atoms. The second-order valence-corrected chi connectivity index (χ2v) is 4.41. The van der Waals surface area contributed by atoms with Gasteiger partial charge in [-0.2, -0.15) is 0 Å². The molecule has 0 aliphatic heterocycles. The summed E-state index contributed by atoms with van der Waals surface area (Å²) in [6.45, 7) is 2.52. The molecule has 0 aliphatic carbocycles. The van der Waals surface area contributed by atoms with E-state index in [0.29, 0.717) is 12.5 Å². The highest BCUT2D eigenvalue weighted by molar-refractivity contribution is 5.84. The first-order valence-corrected chi connectivity index (χ1v) is 6.21. The van der Waals surface area contributed by atoms with Gasteiger partial charge >= 0.3 is 0 Å². The molecule has 19 heavy (non-hydrogen) atoms. The SMILES string of the molecule is Cc1nccc2cnc(OCc3ccccc3)cc12. The number of fused-ring (bicyclic) bond motifs is 1. The van der Waals surface area contributed by atoms with Crippen LogP contribution in [0.15, 0.2) is 54.9 Å². The third-order valence-corrected chi connectivity index (χ3v) is 3.05. The van der Waals surface area contributed by atoms with Gasteiger partial charge in [0.25, 0.3) is 0 Å². The molecule has 3 aromatic rings. The fraction of sp³-hybridized carbons (Fsp3) is 0.125. The Kier molecular flexibility index (Phi) is 3.11. The van der Waals surface area contributed by atoms with E-state index in [9.17, 15) is 0 Å². The van der Waals surface area contributed by atoms with Crippen molar-refractivity contribution in [1.29, 1.82) is 0 Å². The Labute approximate surface area is 111 Å². The Morgan fingerprint density at radius 2 is 1.89 bits per heavy atom. The van der Waals surface area contributed by atoms with Crippen LogP contribution in [-0.4, -0.2) is 9.97 Å². The van der Waals surface area contributed by atoms with Crippen molar-refractivity contribution in [3.8, 4) is 5.88 Å². The van der Waals surface area contributed by atoms with Crippen molar-refractivity contribution in [3.05, 3.63) is 66.1 Å². The largest absolute Gasteiger partial charge is 0.473 e. The lowest BCUT2D eigenvalue weighted by Crippen LogP contribution is -1.97. The molecule has 0 saturated carbocycles. The summed E-state index contributed by atoms with van der Waals surface area (Å²) in [5.41, 5.74) is 2.12. The zero-order valence-electron chi connectivity index (χ0n) is 10.7. The second-order valence-electron chi connectivity index (χ2n) is 4.41. The molecule has 0 amide bonds. The van der Waals surface area contributed by atoms with Gasteiger partial charge in [0, 0.05) is 34.9 Å². The number of pyridine rings is 2. The highest BCUT2D eigenvalue weighted by Gasteiger charge is 2.02. The summed E-state index contributed by atoms with van der Waals surface area (Å²) < 4.78 is 5.72. The predicted octanol–water partition coefficient (Wildman–Crippen LogP) is 3.52. The molecule has 3 rings (SSSR count). The smallest absolute Gasteiger partial charge is 0.214 e. The Morgan fingerprint density at radius 3 is 2.74 bits per heavy atom. The number of nitrogens with zero attached hydrogens (tertiary/aromatic N) is 2. The topological polar surface area (TPSA) is 35.0 Å². The van der Waals surface area contributed by atoms with Gasteiger partial charge in [-0.25, -0.2) is 4.98 Å². The van der Waals surface area contributed by atoms with Crippen molar-refractivity contribution in [2.45, 2.75) is 13.5 Å². The lowest BCUT2D eigenvalue weighted by atomic mass is 10.2. The normalized spacial score (nSPS) is 10.6. The molecule has 0 fully saturated rings. The van der Waals surface area contributed by atoms with Crippen LogP contribution >= 0.6 is 0 Å². The van der Waals surface area contributed by atoms with Gasteiger partial charge in [0.2, 0.25) is 5.88 Å². The lowest BCUT2D eigenvalue weighted by Gasteiger charge is -2.07. The van der Waals surface area contributed by atoms with Gasteiger partial charge in [0.05, 0.1) is 0 Å². The summed E-state index contributed by atoms with van der Waals surface area (Å²) in [5.74, 6) is 0.632. The van der Waals surface area contributed by atoms with Gasteiger partial charge in [-0.3, -0.25) is 4.98 Å². The Morgan fingerprint density at radius 1 is 1.05 bits per heavy atom. The van der Waals surface area contributed by atoms with E-state index in [2.05, 4.69) is 9.97 Å². The standard InChI is InChI=1S/C16H14N2O/c1-12-15-9-16(18-10-14(15)7-8-17-12)19-11-13-5-3-2-4-6-13/h2-10H,11H2,1H3. The molecular weight excluding hydrogens is 236 g/mol. The Balaban J connectivity index is 1.84. The van der Waals surface area contributed by atoms with Gasteiger partial charge in [-0.15, -0.1) is 0 Å². The van der Waals surface area contributed by atoms with E-state index in [-0.39, 0.29) is 0 Å². The van der Waals surface area contributed by atoms with E-state index in [0.717, 1.165) is 22.0 Å². The zero-order chi connectivity index (χ0) is 13.1. The first kappa shape index (κ1) is 11.7. The van der Waals surface area contributed by atoms with Crippen molar-refractivity contribution in [3.63, 3.8) is 0 Å². The summed E-state index contributed by atoms with van der Waals surface area (Å²) in [5, 5.41) is 2.17. The van der Waals surface area contributed by atoms with E-state index in [1.807, 2.05) is 55.6 Å². The Hall–Kier alpha value is -2.42. The fourth-order valence-corrected chi connectivity index (χ4v) is 2.00. The molecule has 0 aliphatic rings. The molecule has 3 heteroatoms. The quantitative estimate of drug-likeness (QED) is 0.713. The molecule has 0 unspecified atom stereocenters. The molecule has 2 heterocycles. The van der Waals surface area contributed by atoms with Crippen LogP contribution in [0.5, 0.6) is 5.88 Å². The number of aromatic nitrogens is 2. The number of aryl methyl sites for hydroxylation is 1. The molecule has 3 nitrogen and oxygen atoms in total. The van der Waals surface area contributed by atoms with Crippen molar-refractivity contribution >= 4 is 10.8 Å². The van der Waals surface area contributed by atoms with Gasteiger partial charge in [0.15, 0.2) is 0 Å². The average Bonchev–Trinajstić information content (AvgIpc) is 2.47. The van der Waals surface area contributed by atoms with Crippen LogP contribution < -0.4 is 4.74 Å². The first-order chi connectivity index (χ1) is 9.33. The van der Waals surface area contributed by atoms with E-state index in [1.54, 1.807) is 6.20 Å². The number of ether oxygens (including phenoxy) is 1. The Bertz CT molecular complexity index is 695. The number of hydrogen-bond donors (Lipinski definition) is 0. The number of hydrogen-bond acceptors (Lipinski definition) is 3. The monoisotopic (exact) mass is 250 g/mol. The van der Waals surface area contributed by atoms with Crippen LogP contribution in [0.25, 0.3) is 10.8 Å². The van der Waals surface area contributed by atoms with Crippen molar-refractivity contribution in [1.82, 2.24) is 9.97 Å². The summed E-state index contributed by atoms with van der Waals surface area (Å²) in [6.07, 6.45) is 3.62. The molecule has 1 aromatic carbocycles. The number of rotatable bonds is 3. The first-order valence-electron chi connectivity index (χ1n) is 6.21.